The third-order valence-electron chi connectivity index (χ3n) is 11.6. The lowest BCUT2D eigenvalue weighted by molar-refractivity contribution is -0.167. The Hall–Kier alpha value is -1.59. The summed E-state index contributed by atoms with van der Waals surface area (Å²) in [6.45, 7) is 6.66. The van der Waals surface area contributed by atoms with Crippen LogP contribution in [0.15, 0.2) is 0 Å². The molecule has 0 radical (unpaired) electrons. The molecule has 0 bridgehead atoms. The molecule has 0 aromatic rings. The van der Waals surface area contributed by atoms with Crippen LogP contribution in [-0.2, 0) is 28.6 Å². The second-order valence-electron chi connectivity index (χ2n) is 17.5. The molecule has 0 aromatic carbocycles. The Morgan fingerprint density at radius 1 is 0.281 bits per heavy atom. The van der Waals surface area contributed by atoms with Crippen molar-refractivity contribution >= 4 is 17.9 Å². The van der Waals surface area contributed by atoms with Crippen LogP contribution >= 0.6 is 0 Å². The summed E-state index contributed by atoms with van der Waals surface area (Å²) in [6, 6.07) is 0. The highest BCUT2D eigenvalue weighted by molar-refractivity contribution is 5.71. The lowest BCUT2D eigenvalue weighted by Gasteiger charge is -2.18. The Bertz CT molecular complexity index is 844. The smallest absolute Gasteiger partial charge is 0.306 e. The molecule has 0 aliphatic heterocycles. The van der Waals surface area contributed by atoms with E-state index >= 15 is 0 Å². The zero-order valence-corrected chi connectivity index (χ0v) is 38.6. The number of unbranched alkanes of at least 4 members (excludes halogenated alkanes) is 36. The van der Waals surface area contributed by atoms with Crippen molar-refractivity contribution in [2.75, 3.05) is 13.2 Å². The minimum absolute atomic E-state index is 0.0620. The van der Waals surface area contributed by atoms with Gasteiger partial charge in [-0.2, -0.15) is 0 Å². The average molecular weight is 807 g/mol. The van der Waals surface area contributed by atoms with Crippen LogP contribution in [0.4, 0.5) is 0 Å². The summed E-state index contributed by atoms with van der Waals surface area (Å²) in [5, 5.41) is 0. The summed E-state index contributed by atoms with van der Waals surface area (Å²) in [7, 11) is 0. The Morgan fingerprint density at radius 3 is 0.702 bits per heavy atom. The highest BCUT2D eigenvalue weighted by atomic mass is 16.6. The molecule has 0 saturated heterocycles. The van der Waals surface area contributed by atoms with E-state index in [1.165, 1.54) is 193 Å². The molecular weight excluding hydrogens is 709 g/mol. The molecule has 6 heteroatoms. The van der Waals surface area contributed by atoms with E-state index in [0.717, 1.165) is 57.8 Å². The van der Waals surface area contributed by atoms with Crippen LogP contribution in [-0.4, -0.2) is 37.2 Å². The summed E-state index contributed by atoms with van der Waals surface area (Å²) in [6.07, 6.45) is 49.4. The van der Waals surface area contributed by atoms with Gasteiger partial charge in [-0.25, -0.2) is 0 Å². The summed E-state index contributed by atoms with van der Waals surface area (Å²) in [5.41, 5.74) is 0. The maximum absolute atomic E-state index is 12.7. The molecule has 338 valence electrons. The number of carbonyl (C=O) groups is 3. The Balaban J connectivity index is 4.25. The van der Waals surface area contributed by atoms with Gasteiger partial charge in [0.05, 0.1) is 0 Å². The van der Waals surface area contributed by atoms with Gasteiger partial charge >= 0.3 is 17.9 Å². The first kappa shape index (κ1) is 55.4. The zero-order chi connectivity index (χ0) is 41.5. The maximum Gasteiger partial charge on any atom is 0.306 e. The summed E-state index contributed by atoms with van der Waals surface area (Å²) in [5.74, 6) is -0.844. The molecule has 0 spiro atoms. The number of esters is 3. The van der Waals surface area contributed by atoms with Gasteiger partial charge in [-0.3, -0.25) is 14.4 Å². The Kier molecular flexibility index (Phi) is 45.8. The van der Waals surface area contributed by atoms with Crippen molar-refractivity contribution in [3.05, 3.63) is 0 Å². The third-order valence-corrected chi connectivity index (χ3v) is 11.6. The van der Waals surface area contributed by atoms with E-state index in [2.05, 4.69) is 20.8 Å². The van der Waals surface area contributed by atoms with Gasteiger partial charge in [0.25, 0.3) is 0 Å². The lowest BCUT2D eigenvalue weighted by atomic mass is 10.0. The van der Waals surface area contributed by atoms with Crippen LogP contribution in [0.25, 0.3) is 0 Å². The Morgan fingerprint density at radius 2 is 0.474 bits per heavy atom. The van der Waals surface area contributed by atoms with E-state index in [4.69, 9.17) is 14.2 Å². The molecule has 0 saturated carbocycles. The maximum atomic E-state index is 12.7. The number of ether oxygens (including phenoxy) is 3. The molecule has 57 heavy (non-hydrogen) atoms. The number of hydrogen-bond donors (Lipinski definition) is 0. The quantitative estimate of drug-likeness (QED) is 0.0346. The third kappa shape index (κ3) is 45.3. The first-order valence-electron chi connectivity index (χ1n) is 25.5. The molecule has 0 aliphatic rings. The van der Waals surface area contributed by atoms with E-state index in [9.17, 15) is 14.4 Å². The fourth-order valence-corrected chi connectivity index (χ4v) is 7.74. The van der Waals surface area contributed by atoms with Crippen LogP contribution in [0.3, 0.4) is 0 Å². The van der Waals surface area contributed by atoms with Crippen LogP contribution in [0.1, 0.15) is 290 Å². The number of rotatable bonds is 47. The minimum Gasteiger partial charge on any atom is -0.462 e. The summed E-state index contributed by atoms with van der Waals surface area (Å²) < 4.78 is 16.8. The lowest BCUT2D eigenvalue weighted by Crippen LogP contribution is -2.30. The molecule has 0 rings (SSSR count). The van der Waals surface area contributed by atoms with Crippen molar-refractivity contribution in [3.63, 3.8) is 0 Å². The van der Waals surface area contributed by atoms with Gasteiger partial charge in [0.2, 0.25) is 0 Å². The van der Waals surface area contributed by atoms with Gasteiger partial charge in [-0.15, -0.1) is 0 Å². The molecule has 0 fully saturated rings. The minimum atomic E-state index is -0.758. The summed E-state index contributed by atoms with van der Waals surface area (Å²) >= 11 is 0. The molecule has 0 N–H and O–H groups in total. The van der Waals surface area contributed by atoms with E-state index in [0.29, 0.717) is 19.3 Å². The number of hydrogen-bond acceptors (Lipinski definition) is 6. The average Bonchev–Trinajstić information content (AvgIpc) is 3.21. The number of carbonyl (C=O) groups excluding carboxylic acids is 3. The molecule has 1 atom stereocenters. The predicted octanol–water partition coefficient (Wildman–Crippen LogP) is 16.4. The molecule has 0 heterocycles. The molecular formula is C51H98O6. The van der Waals surface area contributed by atoms with Gasteiger partial charge < -0.3 is 14.2 Å². The Labute approximate surface area is 355 Å². The molecule has 0 aliphatic carbocycles. The fraction of sp³-hybridized carbons (Fsp3) is 0.941. The van der Waals surface area contributed by atoms with Crippen molar-refractivity contribution < 1.29 is 28.6 Å². The standard InChI is InChI=1S/C51H98O6/c1-4-7-10-13-16-19-22-23-24-25-26-27-30-32-35-38-41-44-50(53)56-47-48(57-51(54)45-42-39-36-33-29-21-18-15-12-9-6-3)46-55-49(52)43-40-37-34-31-28-20-17-14-11-8-5-2/h48H,4-47H2,1-3H3/t48-/m0/s1. The van der Waals surface area contributed by atoms with Crippen molar-refractivity contribution in [1.82, 2.24) is 0 Å². The van der Waals surface area contributed by atoms with Crippen LogP contribution in [0, 0.1) is 0 Å². The molecule has 0 amide bonds. The predicted molar refractivity (Wildman–Crippen MR) is 243 cm³/mol. The van der Waals surface area contributed by atoms with E-state index < -0.39 is 6.10 Å². The van der Waals surface area contributed by atoms with Crippen LogP contribution in [0.5, 0.6) is 0 Å². The van der Waals surface area contributed by atoms with E-state index in [1.807, 2.05) is 0 Å². The van der Waals surface area contributed by atoms with E-state index in [1.54, 1.807) is 0 Å². The first-order valence-corrected chi connectivity index (χ1v) is 25.5. The zero-order valence-electron chi connectivity index (χ0n) is 38.6. The second kappa shape index (κ2) is 47.1. The van der Waals surface area contributed by atoms with Gasteiger partial charge in [0.1, 0.15) is 13.2 Å². The van der Waals surface area contributed by atoms with Crippen LogP contribution in [0.2, 0.25) is 0 Å². The molecule has 6 nitrogen and oxygen atoms in total. The highest BCUT2D eigenvalue weighted by Crippen LogP contribution is 2.17. The first-order chi connectivity index (χ1) is 28.0. The van der Waals surface area contributed by atoms with Crippen LogP contribution < -0.4 is 0 Å². The van der Waals surface area contributed by atoms with Gasteiger partial charge in [-0.05, 0) is 19.3 Å². The van der Waals surface area contributed by atoms with Crippen molar-refractivity contribution in [1.29, 1.82) is 0 Å². The normalized spacial score (nSPS) is 11.8. The van der Waals surface area contributed by atoms with E-state index in [-0.39, 0.29) is 31.1 Å². The topological polar surface area (TPSA) is 78.9 Å². The molecule has 0 unspecified atom stereocenters. The van der Waals surface area contributed by atoms with Crippen molar-refractivity contribution in [2.45, 2.75) is 297 Å². The largest absolute Gasteiger partial charge is 0.462 e. The summed E-state index contributed by atoms with van der Waals surface area (Å²) in [4.78, 5) is 37.8. The van der Waals surface area contributed by atoms with Crippen molar-refractivity contribution in [3.8, 4) is 0 Å². The van der Waals surface area contributed by atoms with Gasteiger partial charge in [-0.1, -0.05) is 252 Å². The highest BCUT2D eigenvalue weighted by Gasteiger charge is 2.19. The SMILES string of the molecule is CCCCCCCCCCCCCCCCCCCC(=O)OC[C@H](COC(=O)CCCCCCCCCCCCC)OC(=O)CCCCCCCCCCCCC. The van der Waals surface area contributed by atoms with Gasteiger partial charge in [0, 0.05) is 19.3 Å². The second-order valence-corrected chi connectivity index (χ2v) is 17.5. The fourth-order valence-electron chi connectivity index (χ4n) is 7.74. The monoisotopic (exact) mass is 807 g/mol. The van der Waals surface area contributed by atoms with Gasteiger partial charge in [0.15, 0.2) is 6.10 Å². The van der Waals surface area contributed by atoms with Crippen molar-refractivity contribution in [2.24, 2.45) is 0 Å². The molecule has 0 aromatic heterocycles.